The number of aliphatic hydroxyl groups is 2. The van der Waals surface area contributed by atoms with Crippen LogP contribution in [0.1, 0.15) is 24.8 Å². The third kappa shape index (κ3) is 4.96. The van der Waals surface area contributed by atoms with Crippen molar-refractivity contribution in [1.82, 2.24) is 0 Å². The lowest BCUT2D eigenvalue weighted by Gasteiger charge is -2.12. The molecule has 0 saturated heterocycles. The van der Waals surface area contributed by atoms with E-state index in [0.717, 1.165) is 5.56 Å². The SMILES string of the molecule is [CH2]CC(O)CCC(O)Cc1ccccc1. The Balaban J connectivity index is 2.27. The molecule has 0 aliphatic rings. The van der Waals surface area contributed by atoms with Gasteiger partial charge in [-0.15, -0.1) is 0 Å². The van der Waals surface area contributed by atoms with Crippen molar-refractivity contribution in [3.63, 3.8) is 0 Å². The minimum Gasteiger partial charge on any atom is -0.393 e. The molecule has 0 aliphatic heterocycles. The molecular weight excluding hydrogens is 188 g/mol. The van der Waals surface area contributed by atoms with E-state index < -0.39 is 0 Å². The van der Waals surface area contributed by atoms with Gasteiger partial charge in [0.05, 0.1) is 12.2 Å². The summed E-state index contributed by atoms with van der Waals surface area (Å²) in [6.45, 7) is 3.62. The summed E-state index contributed by atoms with van der Waals surface area (Å²) in [7, 11) is 0. The first-order valence-electron chi connectivity index (χ1n) is 5.41. The molecule has 0 amide bonds. The minimum atomic E-state index is -0.379. The molecule has 83 valence electrons. The number of hydrogen-bond donors (Lipinski definition) is 2. The molecule has 1 aromatic carbocycles. The maximum Gasteiger partial charge on any atom is 0.0581 e. The van der Waals surface area contributed by atoms with Gasteiger partial charge >= 0.3 is 0 Å². The topological polar surface area (TPSA) is 40.5 Å². The van der Waals surface area contributed by atoms with E-state index in [0.29, 0.717) is 25.7 Å². The highest BCUT2D eigenvalue weighted by molar-refractivity contribution is 5.15. The van der Waals surface area contributed by atoms with E-state index >= 15 is 0 Å². The average Bonchev–Trinajstić information content (AvgIpc) is 2.27. The van der Waals surface area contributed by atoms with Crippen molar-refractivity contribution in [3.8, 4) is 0 Å². The van der Waals surface area contributed by atoms with Crippen LogP contribution in [-0.4, -0.2) is 22.4 Å². The van der Waals surface area contributed by atoms with Gasteiger partial charge in [-0.3, -0.25) is 0 Å². The quantitative estimate of drug-likeness (QED) is 0.748. The predicted molar refractivity (Wildman–Crippen MR) is 61.4 cm³/mol. The average molecular weight is 207 g/mol. The highest BCUT2D eigenvalue weighted by Crippen LogP contribution is 2.09. The molecule has 15 heavy (non-hydrogen) atoms. The first kappa shape index (κ1) is 12.2. The van der Waals surface area contributed by atoms with E-state index in [4.69, 9.17) is 0 Å². The van der Waals surface area contributed by atoms with Gasteiger partial charge in [0.2, 0.25) is 0 Å². The van der Waals surface area contributed by atoms with E-state index in [1.807, 2.05) is 30.3 Å². The molecule has 0 spiro atoms. The first-order chi connectivity index (χ1) is 7.22. The zero-order valence-electron chi connectivity index (χ0n) is 8.97. The summed E-state index contributed by atoms with van der Waals surface area (Å²) >= 11 is 0. The van der Waals surface area contributed by atoms with Crippen molar-refractivity contribution in [3.05, 3.63) is 42.8 Å². The molecule has 2 atom stereocenters. The summed E-state index contributed by atoms with van der Waals surface area (Å²) in [5.41, 5.74) is 1.13. The fourth-order valence-electron chi connectivity index (χ4n) is 1.52. The van der Waals surface area contributed by atoms with Gasteiger partial charge in [0.1, 0.15) is 0 Å². The van der Waals surface area contributed by atoms with Crippen molar-refractivity contribution < 1.29 is 10.2 Å². The van der Waals surface area contributed by atoms with Crippen LogP contribution >= 0.6 is 0 Å². The molecule has 2 heteroatoms. The highest BCUT2D eigenvalue weighted by atomic mass is 16.3. The predicted octanol–water partition coefficient (Wildman–Crippen LogP) is 1.96. The van der Waals surface area contributed by atoms with Crippen LogP contribution in [0.3, 0.4) is 0 Å². The van der Waals surface area contributed by atoms with E-state index in [2.05, 4.69) is 6.92 Å². The Hall–Kier alpha value is -0.860. The second kappa shape index (κ2) is 6.59. The van der Waals surface area contributed by atoms with E-state index in [9.17, 15) is 10.2 Å². The second-order valence-electron chi connectivity index (χ2n) is 3.86. The van der Waals surface area contributed by atoms with Crippen LogP contribution < -0.4 is 0 Å². The Morgan fingerprint density at radius 1 is 1.00 bits per heavy atom. The normalized spacial score (nSPS) is 14.9. The van der Waals surface area contributed by atoms with Crippen LogP contribution in [0.4, 0.5) is 0 Å². The third-order valence-electron chi connectivity index (χ3n) is 2.48. The zero-order chi connectivity index (χ0) is 11.1. The molecule has 1 aromatic rings. The van der Waals surface area contributed by atoms with E-state index in [1.165, 1.54) is 0 Å². The van der Waals surface area contributed by atoms with Crippen LogP contribution in [0.15, 0.2) is 30.3 Å². The summed E-state index contributed by atoms with van der Waals surface area (Å²) < 4.78 is 0. The monoisotopic (exact) mass is 207 g/mol. The van der Waals surface area contributed by atoms with Crippen LogP contribution in [0.5, 0.6) is 0 Å². The summed E-state index contributed by atoms with van der Waals surface area (Å²) in [5.74, 6) is 0. The van der Waals surface area contributed by atoms with Crippen LogP contribution in [-0.2, 0) is 6.42 Å². The maximum atomic E-state index is 9.72. The highest BCUT2D eigenvalue weighted by Gasteiger charge is 2.08. The molecular formula is C13H19O2. The Bertz CT molecular complexity index is 258. The van der Waals surface area contributed by atoms with Gasteiger partial charge in [-0.25, -0.2) is 0 Å². The molecule has 0 bridgehead atoms. The standard InChI is InChI=1S/C13H19O2/c1-2-12(14)8-9-13(15)10-11-6-4-3-5-7-11/h3-7,12-15H,1-2,8-10H2. The number of rotatable bonds is 6. The number of hydrogen-bond acceptors (Lipinski definition) is 2. The summed E-state index contributed by atoms with van der Waals surface area (Å²) in [6.07, 6.45) is 1.68. The van der Waals surface area contributed by atoms with Gasteiger partial charge in [-0.1, -0.05) is 37.3 Å². The smallest absolute Gasteiger partial charge is 0.0581 e. The lowest BCUT2D eigenvalue weighted by atomic mass is 10.0. The Morgan fingerprint density at radius 3 is 2.20 bits per heavy atom. The fraction of sp³-hybridized carbons (Fsp3) is 0.462. The summed E-state index contributed by atoms with van der Waals surface area (Å²) in [5, 5.41) is 19.0. The fourth-order valence-corrected chi connectivity index (χ4v) is 1.52. The Labute approximate surface area is 91.6 Å². The summed E-state index contributed by atoms with van der Waals surface area (Å²) in [6, 6.07) is 9.89. The maximum absolute atomic E-state index is 9.72. The van der Waals surface area contributed by atoms with Gasteiger partial charge < -0.3 is 10.2 Å². The molecule has 0 aromatic heterocycles. The van der Waals surface area contributed by atoms with Crippen molar-refractivity contribution >= 4 is 0 Å². The van der Waals surface area contributed by atoms with Gasteiger partial charge in [0, 0.05) is 0 Å². The minimum absolute atomic E-state index is 0.367. The van der Waals surface area contributed by atoms with Gasteiger partial charge in [-0.2, -0.15) is 0 Å². The number of aliphatic hydroxyl groups excluding tert-OH is 2. The van der Waals surface area contributed by atoms with Crippen molar-refractivity contribution in [2.75, 3.05) is 0 Å². The molecule has 1 rings (SSSR count). The van der Waals surface area contributed by atoms with E-state index in [-0.39, 0.29) is 12.2 Å². The van der Waals surface area contributed by atoms with Crippen LogP contribution in [0.2, 0.25) is 0 Å². The molecule has 0 fully saturated rings. The molecule has 0 aliphatic carbocycles. The van der Waals surface area contributed by atoms with E-state index in [1.54, 1.807) is 0 Å². The van der Waals surface area contributed by atoms with Crippen molar-refractivity contribution in [1.29, 1.82) is 0 Å². The van der Waals surface area contributed by atoms with Gasteiger partial charge in [-0.05, 0) is 31.2 Å². The Kier molecular flexibility index (Phi) is 5.37. The second-order valence-corrected chi connectivity index (χ2v) is 3.86. The molecule has 2 unspecified atom stereocenters. The first-order valence-corrected chi connectivity index (χ1v) is 5.41. The lowest BCUT2D eigenvalue weighted by Crippen LogP contribution is -2.14. The van der Waals surface area contributed by atoms with Crippen LogP contribution in [0, 0.1) is 6.92 Å². The third-order valence-corrected chi connectivity index (χ3v) is 2.48. The van der Waals surface area contributed by atoms with Gasteiger partial charge in [0.25, 0.3) is 0 Å². The van der Waals surface area contributed by atoms with Gasteiger partial charge in [0.15, 0.2) is 0 Å². The molecule has 2 nitrogen and oxygen atoms in total. The lowest BCUT2D eigenvalue weighted by molar-refractivity contribution is 0.115. The molecule has 2 N–H and O–H groups in total. The molecule has 0 saturated carbocycles. The molecule has 0 heterocycles. The van der Waals surface area contributed by atoms with Crippen LogP contribution in [0.25, 0.3) is 0 Å². The van der Waals surface area contributed by atoms with Crippen molar-refractivity contribution in [2.45, 2.75) is 37.9 Å². The largest absolute Gasteiger partial charge is 0.393 e. The zero-order valence-corrected chi connectivity index (χ0v) is 8.97. The summed E-state index contributed by atoms with van der Waals surface area (Å²) in [4.78, 5) is 0. The Morgan fingerprint density at radius 2 is 1.60 bits per heavy atom. The number of benzene rings is 1. The van der Waals surface area contributed by atoms with Crippen molar-refractivity contribution in [2.24, 2.45) is 0 Å². The molecule has 1 radical (unpaired) electrons.